The first kappa shape index (κ1) is 22.3. The van der Waals surface area contributed by atoms with Crippen molar-refractivity contribution in [1.29, 1.82) is 0 Å². The average Bonchev–Trinajstić information content (AvgIpc) is 2.75. The highest BCUT2D eigenvalue weighted by atomic mass is 35.5. The highest BCUT2D eigenvalue weighted by molar-refractivity contribution is 7.80. The van der Waals surface area contributed by atoms with Crippen molar-refractivity contribution in [2.45, 2.75) is 39.7 Å². The molecule has 1 aliphatic rings. The van der Waals surface area contributed by atoms with Crippen LogP contribution in [-0.4, -0.2) is 28.9 Å². The van der Waals surface area contributed by atoms with Gasteiger partial charge in [-0.15, -0.1) is 0 Å². The highest BCUT2D eigenvalue weighted by Crippen LogP contribution is 2.36. The van der Waals surface area contributed by atoms with Crippen LogP contribution in [0.4, 0.5) is 0 Å². The number of carbonyl (C=O) groups excluding carboxylic acids is 1. The van der Waals surface area contributed by atoms with Crippen molar-refractivity contribution in [1.82, 2.24) is 10.2 Å². The molecule has 0 fully saturated rings. The van der Waals surface area contributed by atoms with Crippen molar-refractivity contribution >= 4 is 34.7 Å². The van der Waals surface area contributed by atoms with Gasteiger partial charge in [-0.1, -0.05) is 61.8 Å². The molecule has 0 bridgehead atoms. The van der Waals surface area contributed by atoms with Gasteiger partial charge in [0.25, 0.3) is 0 Å². The summed E-state index contributed by atoms with van der Waals surface area (Å²) in [5, 5.41) is 4.51. The Morgan fingerprint density at radius 1 is 1.17 bits per heavy atom. The van der Waals surface area contributed by atoms with E-state index in [0.717, 1.165) is 30.6 Å². The minimum Gasteiger partial charge on any atom is -0.492 e. The molecule has 0 saturated heterocycles. The first-order chi connectivity index (χ1) is 14.5. The number of allylic oxidation sites excluding steroid dienone is 1. The molecule has 4 nitrogen and oxygen atoms in total. The van der Waals surface area contributed by atoms with E-state index in [1.807, 2.05) is 67.3 Å². The lowest BCUT2D eigenvalue weighted by Crippen LogP contribution is -2.47. The van der Waals surface area contributed by atoms with Crippen LogP contribution in [0.25, 0.3) is 0 Å². The van der Waals surface area contributed by atoms with E-state index in [-0.39, 0.29) is 11.8 Å². The Balaban J connectivity index is 2.06. The van der Waals surface area contributed by atoms with Gasteiger partial charge < -0.3 is 15.0 Å². The summed E-state index contributed by atoms with van der Waals surface area (Å²) in [6.45, 7) is 7.46. The molecule has 0 saturated carbocycles. The predicted octanol–water partition coefficient (Wildman–Crippen LogP) is 5.93. The summed E-state index contributed by atoms with van der Waals surface area (Å²) in [4.78, 5) is 15.5. The number of thiocarbonyl (C=S) groups is 1. The highest BCUT2D eigenvalue weighted by Gasteiger charge is 2.34. The maximum atomic E-state index is 13.5. The third-order valence-corrected chi connectivity index (χ3v) is 5.71. The van der Waals surface area contributed by atoms with Crippen molar-refractivity contribution in [2.24, 2.45) is 0 Å². The maximum absolute atomic E-state index is 13.5. The lowest BCUT2D eigenvalue weighted by Gasteiger charge is -2.38. The van der Waals surface area contributed by atoms with Gasteiger partial charge in [0, 0.05) is 23.4 Å². The Morgan fingerprint density at radius 2 is 1.90 bits per heavy atom. The Morgan fingerprint density at radius 3 is 2.53 bits per heavy atom. The van der Waals surface area contributed by atoms with Gasteiger partial charge >= 0.3 is 0 Å². The number of benzene rings is 2. The zero-order chi connectivity index (χ0) is 21.7. The van der Waals surface area contributed by atoms with Crippen LogP contribution in [0.1, 0.15) is 55.6 Å². The normalized spacial score (nSPS) is 16.5. The summed E-state index contributed by atoms with van der Waals surface area (Å²) in [6.07, 6.45) is 1.83. The number of nitrogens with zero attached hydrogens (tertiary/aromatic N) is 1. The van der Waals surface area contributed by atoms with Crippen LogP contribution in [0.3, 0.4) is 0 Å². The molecular formula is C24H27ClN2O2S. The number of ketones is 1. The van der Waals surface area contributed by atoms with Crippen LogP contribution >= 0.6 is 23.8 Å². The molecule has 3 rings (SSSR count). The molecule has 1 unspecified atom stereocenters. The van der Waals surface area contributed by atoms with Gasteiger partial charge in [-0.25, -0.2) is 0 Å². The largest absolute Gasteiger partial charge is 0.492 e. The van der Waals surface area contributed by atoms with Gasteiger partial charge in [0.1, 0.15) is 5.75 Å². The molecule has 2 aromatic rings. The molecule has 0 radical (unpaired) electrons. The fourth-order valence-electron chi connectivity index (χ4n) is 3.59. The lowest BCUT2D eigenvalue weighted by molar-refractivity contribution is 0.102. The lowest BCUT2D eigenvalue weighted by atomic mass is 9.89. The molecule has 0 aliphatic carbocycles. The molecule has 0 amide bonds. The molecular weight excluding hydrogens is 416 g/mol. The summed E-state index contributed by atoms with van der Waals surface area (Å²) in [7, 11) is 0. The molecule has 2 aromatic carbocycles. The summed E-state index contributed by atoms with van der Waals surface area (Å²) in [5.41, 5.74) is 3.08. The number of rotatable bonds is 8. The second kappa shape index (κ2) is 10.1. The van der Waals surface area contributed by atoms with Gasteiger partial charge in [0.05, 0.1) is 17.7 Å². The molecule has 1 heterocycles. The number of hydrogen-bond acceptors (Lipinski definition) is 3. The minimum atomic E-state index is -0.379. The number of Topliss-reactive ketones (excluding diaryl/α,β-unsaturated/α-hetero) is 1. The zero-order valence-electron chi connectivity index (χ0n) is 17.6. The van der Waals surface area contributed by atoms with E-state index in [4.69, 9.17) is 28.6 Å². The fourth-order valence-corrected chi connectivity index (χ4v) is 4.18. The fraction of sp³-hybridized carbons (Fsp3) is 0.333. The quantitative estimate of drug-likeness (QED) is 0.405. The first-order valence-corrected chi connectivity index (χ1v) is 11.1. The van der Waals surface area contributed by atoms with Crippen molar-refractivity contribution in [3.8, 4) is 5.75 Å². The topological polar surface area (TPSA) is 41.6 Å². The van der Waals surface area contributed by atoms with Crippen LogP contribution in [-0.2, 0) is 0 Å². The summed E-state index contributed by atoms with van der Waals surface area (Å²) >= 11 is 12.1. The third-order valence-electron chi connectivity index (χ3n) is 5.08. The molecule has 6 heteroatoms. The van der Waals surface area contributed by atoms with Gasteiger partial charge in [-0.2, -0.15) is 0 Å². The van der Waals surface area contributed by atoms with Gasteiger partial charge in [0.2, 0.25) is 0 Å². The smallest absolute Gasteiger partial charge is 0.193 e. The molecule has 1 aliphatic heterocycles. The van der Waals surface area contributed by atoms with E-state index in [1.54, 1.807) is 0 Å². The van der Waals surface area contributed by atoms with E-state index in [1.165, 1.54) is 0 Å². The molecule has 0 aromatic heterocycles. The van der Waals surface area contributed by atoms with Gasteiger partial charge in [-0.05, 0) is 49.7 Å². The molecule has 1 atom stereocenters. The summed E-state index contributed by atoms with van der Waals surface area (Å²) in [5.74, 6) is 0.626. The Labute approximate surface area is 188 Å². The van der Waals surface area contributed by atoms with Crippen molar-refractivity contribution in [3.63, 3.8) is 0 Å². The van der Waals surface area contributed by atoms with E-state index in [9.17, 15) is 4.79 Å². The van der Waals surface area contributed by atoms with Crippen LogP contribution in [0.5, 0.6) is 5.75 Å². The second-order valence-electron chi connectivity index (χ2n) is 7.27. The standard InChI is InChI=1S/C24H27ClN2O2S/c1-4-13-27-16(3)21(23(28)17-9-7-6-8-10-17)22(26-24(27)30)18-11-12-20(19(25)15-18)29-14-5-2/h6-12,15,22H,4-5,13-14H2,1-3H3,(H,26,30). The number of nitrogens with one attached hydrogen (secondary N) is 1. The van der Waals surface area contributed by atoms with Gasteiger partial charge in [-0.3, -0.25) is 4.79 Å². The van der Waals surface area contributed by atoms with Crippen molar-refractivity contribution in [3.05, 3.63) is 76.0 Å². The van der Waals surface area contributed by atoms with E-state index >= 15 is 0 Å². The maximum Gasteiger partial charge on any atom is 0.193 e. The third kappa shape index (κ3) is 4.68. The van der Waals surface area contributed by atoms with Crippen molar-refractivity contribution in [2.75, 3.05) is 13.2 Å². The minimum absolute atomic E-state index is 0.0170. The Kier molecular flexibility index (Phi) is 7.51. The van der Waals surface area contributed by atoms with Crippen molar-refractivity contribution < 1.29 is 9.53 Å². The van der Waals surface area contributed by atoms with Gasteiger partial charge in [0.15, 0.2) is 10.9 Å². The molecule has 158 valence electrons. The molecule has 30 heavy (non-hydrogen) atoms. The van der Waals surface area contributed by atoms with Crippen LogP contribution < -0.4 is 10.1 Å². The van der Waals surface area contributed by atoms with E-state index in [0.29, 0.717) is 33.6 Å². The SMILES string of the molecule is CCCOc1ccc(C2NC(=S)N(CCC)C(C)=C2C(=O)c2ccccc2)cc1Cl. The van der Waals surface area contributed by atoms with Crippen LogP contribution in [0.15, 0.2) is 59.8 Å². The Bertz CT molecular complexity index is 959. The first-order valence-electron chi connectivity index (χ1n) is 10.3. The number of hydrogen-bond donors (Lipinski definition) is 1. The number of halogens is 1. The summed E-state index contributed by atoms with van der Waals surface area (Å²) < 4.78 is 5.70. The average molecular weight is 443 g/mol. The zero-order valence-corrected chi connectivity index (χ0v) is 19.1. The Hall–Kier alpha value is -2.37. The number of carbonyl (C=O) groups is 1. The molecule has 0 spiro atoms. The van der Waals surface area contributed by atoms with Crippen LogP contribution in [0.2, 0.25) is 5.02 Å². The van der Waals surface area contributed by atoms with E-state index < -0.39 is 0 Å². The predicted molar refractivity (Wildman–Crippen MR) is 126 cm³/mol. The number of ether oxygens (including phenoxy) is 1. The van der Waals surface area contributed by atoms with Crippen LogP contribution in [0, 0.1) is 0 Å². The van der Waals surface area contributed by atoms with E-state index in [2.05, 4.69) is 12.2 Å². The monoisotopic (exact) mass is 442 g/mol. The molecule has 1 N–H and O–H groups in total. The summed E-state index contributed by atoms with van der Waals surface area (Å²) in [6, 6.07) is 14.6. The second-order valence-corrected chi connectivity index (χ2v) is 8.06.